The van der Waals surface area contributed by atoms with Crippen molar-refractivity contribution in [2.45, 2.75) is 32.5 Å². The van der Waals surface area contributed by atoms with Gasteiger partial charge in [-0.15, -0.1) is 13.2 Å². The van der Waals surface area contributed by atoms with E-state index < -0.39 is 6.36 Å². The number of ether oxygens (including phenoxy) is 1. The Morgan fingerprint density at radius 1 is 1.18 bits per heavy atom. The molecule has 2 nitrogen and oxygen atoms in total. The maximum Gasteiger partial charge on any atom is 0.573 e. The summed E-state index contributed by atoms with van der Waals surface area (Å²) in [6.45, 7) is 2.58. The van der Waals surface area contributed by atoms with Crippen molar-refractivity contribution in [2.75, 3.05) is 6.54 Å². The number of benzene rings is 1. The number of unbranched alkanes of at least 4 members (excludes halogenated alkanes) is 2. The molecule has 0 unspecified atom stereocenters. The van der Waals surface area contributed by atoms with Crippen LogP contribution in [-0.2, 0) is 0 Å². The van der Waals surface area contributed by atoms with Crippen molar-refractivity contribution in [2.24, 2.45) is 0 Å². The van der Waals surface area contributed by atoms with Crippen LogP contribution in [0.4, 0.5) is 18.9 Å². The fourth-order valence-electron chi connectivity index (χ4n) is 1.36. The Hall–Kier alpha value is -1.39. The zero-order valence-corrected chi connectivity index (χ0v) is 9.63. The van der Waals surface area contributed by atoms with Crippen LogP contribution < -0.4 is 10.1 Å². The van der Waals surface area contributed by atoms with E-state index in [0.29, 0.717) is 6.54 Å². The zero-order chi connectivity index (χ0) is 12.7. The minimum atomic E-state index is -4.67. The topological polar surface area (TPSA) is 23.3 Å². The molecule has 0 saturated heterocycles. The van der Waals surface area contributed by atoms with Crippen molar-refractivity contribution in [3.63, 3.8) is 0 Å². The van der Waals surface area contributed by atoms with E-state index in [9.17, 15) is 13.2 Å². The average molecular weight is 246 g/mol. The van der Waals surface area contributed by atoms with Gasteiger partial charge >= 0.3 is 6.36 Å². The van der Waals surface area contributed by atoms with Crippen molar-refractivity contribution in [1.82, 2.24) is 5.32 Å². The summed E-state index contributed by atoms with van der Waals surface area (Å²) in [6.07, 6.45) is -1.73. The van der Waals surface area contributed by atoms with Crippen molar-refractivity contribution < 1.29 is 17.9 Å². The second-order valence-corrected chi connectivity index (χ2v) is 3.60. The van der Waals surface area contributed by atoms with Gasteiger partial charge in [0.15, 0.2) is 5.75 Å². The molecule has 1 rings (SSSR count). The average Bonchev–Trinajstić information content (AvgIpc) is 2.24. The van der Waals surface area contributed by atoms with E-state index in [1.807, 2.05) is 0 Å². The van der Waals surface area contributed by atoms with Crippen molar-refractivity contribution in [1.29, 1.82) is 0 Å². The highest BCUT2D eigenvalue weighted by molar-refractivity contribution is 5.50. The maximum atomic E-state index is 12.1. The van der Waals surface area contributed by atoms with Crippen LogP contribution >= 0.6 is 0 Å². The summed E-state index contributed by atoms with van der Waals surface area (Å²) >= 11 is 0. The molecule has 0 aromatic heterocycles. The lowest BCUT2D eigenvalue weighted by Crippen LogP contribution is -2.18. The van der Waals surface area contributed by atoms with Gasteiger partial charge in [-0.05, 0) is 18.6 Å². The molecule has 1 aromatic carbocycles. The molecule has 95 valence electrons. The highest BCUT2D eigenvalue weighted by Crippen LogP contribution is 2.29. The van der Waals surface area contributed by atoms with E-state index in [0.717, 1.165) is 19.3 Å². The van der Waals surface area contributed by atoms with E-state index in [4.69, 9.17) is 0 Å². The fraction of sp³-hybridized carbons (Fsp3) is 0.500. The molecule has 0 spiro atoms. The predicted molar refractivity (Wildman–Crippen MR) is 59.3 cm³/mol. The molecule has 0 atom stereocenters. The van der Waals surface area contributed by atoms with Gasteiger partial charge in [-0.2, -0.15) is 0 Å². The smallest absolute Gasteiger partial charge is 0.403 e. The number of hydrogen-bond acceptors (Lipinski definition) is 1. The van der Waals surface area contributed by atoms with Gasteiger partial charge in [-0.3, -0.25) is 5.32 Å². The molecule has 0 amide bonds. The summed E-state index contributed by atoms with van der Waals surface area (Å²) in [4.78, 5) is 0. The number of rotatable bonds is 6. The van der Waals surface area contributed by atoms with Gasteiger partial charge in [-0.25, -0.2) is 0 Å². The van der Waals surface area contributed by atoms with Gasteiger partial charge in [0.2, 0.25) is 0 Å². The molecule has 0 saturated carbocycles. The van der Waals surface area contributed by atoms with E-state index >= 15 is 0 Å². The Labute approximate surface area is 98.8 Å². The SMILES string of the molecule is CCCCC[N]c1ccccc1OC(F)(F)F. The number of para-hydroxylation sites is 2. The minimum absolute atomic E-state index is 0.239. The molecule has 0 fully saturated rings. The molecule has 5 heteroatoms. The van der Waals surface area contributed by atoms with Crippen LogP contribution in [0.15, 0.2) is 24.3 Å². The first-order valence-electron chi connectivity index (χ1n) is 5.55. The maximum absolute atomic E-state index is 12.1. The van der Waals surface area contributed by atoms with Crippen LogP contribution in [0.3, 0.4) is 0 Å². The Morgan fingerprint density at radius 2 is 1.88 bits per heavy atom. The molecule has 0 aliphatic heterocycles. The van der Waals surface area contributed by atoms with E-state index in [1.54, 1.807) is 6.07 Å². The third kappa shape index (κ3) is 5.47. The molecular weight excluding hydrogens is 231 g/mol. The summed E-state index contributed by atoms with van der Waals surface area (Å²) in [5.74, 6) is -0.239. The minimum Gasteiger partial charge on any atom is -0.403 e. The van der Waals surface area contributed by atoms with Gasteiger partial charge in [0.25, 0.3) is 0 Å². The van der Waals surface area contributed by atoms with E-state index in [-0.39, 0.29) is 11.4 Å². The number of halogens is 3. The van der Waals surface area contributed by atoms with E-state index in [1.165, 1.54) is 18.2 Å². The lowest BCUT2D eigenvalue weighted by atomic mass is 10.2. The molecule has 0 N–H and O–H groups in total. The number of hydrogen-bond donors (Lipinski definition) is 0. The van der Waals surface area contributed by atoms with Gasteiger partial charge in [-0.1, -0.05) is 31.9 Å². The van der Waals surface area contributed by atoms with Crippen LogP contribution in [-0.4, -0.2) is 12.9 Å². The van der Waals surface area contributed by atoms with Gasteiger partial charge < -0.3 is 4.74 Å². The van der Waals surface area contributed by atoms with Crippen molar-refractivity contribution in [3.05, 3.63) is 24.3 Å². The number of alkyl halides is 3. The van der Waals surface area contributed by atoms with Gasteiger partial charge in [0, 0.05) is 6.54 Å². The normalized spacial score (nSPS) is 11.3. The number of nitrogens with zero attached hydrogens (tertiary/aromatic N) is 1. The Morgan fingerprint density at radius 3 is 2.53 bits per heavy atom. The van der Waals surface area contributed by atoms with Crippen molar-refractivity contribution >= 4 is 5.69 Å². The molecule has 0 heterocycles. The standard InChI is InChI=1S/C12H15F3NO/c1-2-3-6-9-16-10-7-4-5-8-11(10)17-12(13,14)15/h4-5,7-8H,2-3,6,9H2,1H3. The Bertz CT molecular complexity index is 339. The first kappa shape index (κ1) is 13.7. The summed E-state index contributed by atoms with van der Waals surface area (Å²) in [6, 6.07) is 5.92. The third-order valence-electron chi connectivity index (χ3n) is 2.13. The summed E-state index contributed by atoms with van der Waals surface area (Å²) in [5.41, 5.74) is 0.251. The third-order valence-corrected chi connectivity index (χ3v) is 2.13. The van der Waals surface area contributed by atoms with Crippen LogP contribution in [0.25, 0.3) is 0 Å². The monoisotopic (exact) mass is 246 g/mol. The molecule has 0 bridgehead atoms. The quantitative estimate of drug-likeness (QED) is 0.695. The largest absolute Gasteiger partial charge is 0.573 e. The molecule has 1 radical (unpaired) electrons. The van der Waals surface area contributed by atoms with Crippen LogP contribution in [0.2, 0.25) is 0 Å². The van der Waals surface area contributed by atoms with Gasteiger partial charge in [0.05, 0.1) is 5.69 Å². The summed E-state index contributed by atoms with van der Waals surface area (Å²) in [7, 11) is 0. The van der Waals surface area contributed by atoms with Gasteiger partial charge in [0.1, 0.15) is 0 Å². The predicted octanol–water partition coefficient (Wildman–Crippen LogP) is 4.01. The molecular formula is C12H15F3NO. The Kier molecular flexibility index (Phi) is 5.12. The Balaban J connectivity index is 2.58. The zero-order valence-electron chi connectivity index (χ0n) is 9.63. The molecule has 17 heavy (non-hydrogen) atoms. The summed E-state index contributed by atoms with van der Waals surface area (Å²) < 4.78 is 40.2. The summed E-state index contributed by atoms with van der Waals surface area (Å²) in [5, 5.41) is 4.10. The second kappa shape index (κ2) is 6.37. The lowest BCUT2D eigenvalue weighted by Gasteiger charge is -2.12. The first-order chi connectivity index (χ1) is 8.03. The van der Waals surface area contributed by atoms with Crippen LogP contribution in [0, 0.1) is 0 Å². The van der Waals surface area contributed by atoms with Crippen molar-refractivity contribution in [3.8, 4) is 5.75 Å². The second-order valence-electron chi connectivity index (χ2n) is 3.60. The highest BCUT2D eigenvalue weighted by atomic mass is 19.4. The van der Waals surface area contributed by atoms with E-state index in [2.05, 4.69) is 17.0 Å². The van der Waals surface area contributed by atoms with Crippen LogP contribution in [0.1, 0.15) is 26.2 Å². The fourth-order valence-corrected chi connectivity index (χ4v) is 1.36. The first-order valence-corrected chi connectivity index (χ1v) is 5.55. The van der Waals surface area contributed by atoms with Crippen LogP contribution in [0.5, 0.6) is 5.75 Å². The molecule has 0 aliphatic carbocycles. The lowest BCUT2D eigenvalue weighted by molar-refractivity contribution is -0.274. The molecule has 0 aliphatic rings. The highest BCUT2D eigenvalue weighted by Gasteiger charge is 2.32. The molecule has 1 aromatic rings.